The lowest BCUT2D eigenvalue weighted by molar-refractivity contribution is -0.116. The molecule has 32 heavy (non-hydrogen) atoms. The predicted molar refractivity (Wildman–Crippen MR) is 117 cm³/mol. The van der Waals surface area contributed by atoms with Crippen LogP contribution in [-0.4, -0.2) is 49.8 Å². The van der Waals surface area contributed by atoms with Gasteiger partial charge in [-0.3, -0.25) is 29.6 Å². The number of carbonyl (C=O) groups excluding carboxylic acids is 1. The topological polar surface area (TPSA) is 137 Å². The Morgan fingerprint density at radius 2 is 1.97 bits per heavy atom. The summed E-state index contributed by atoms with van der Waals surface area (Å²) in [5, 5.41) is 9.77. The van der Waals surface area contributed by atoms with E-state index in [1.165, 1.54) is 25.1 Å². The summed E-state index contributed by atoms with van der Waals surface area (Å²) >= 11 is 0. The Labute approximate surface area is 182 Å². The highest BCUT2D eigenvalue weighted by atomic mass is 16.5. The van der Waals surface area contributed by atoms with Crippen LogP contribution in [-0.2, 0) is 11.3 Å². The normalized spacial score (nSPS) is 10.8. The van der Waals surface area contributed by atoms with Gasteiger partial charge in [0.25, 0.3) is 5.56 Å². The van der Waals surface area contributed by atoms with Crippen LogP contribution >= 0.6 is 0 Å². The number of carbonyl (C=O) groups is 1. The molecule has 0 saturated heterocycles. The van der Waals surface area contributed by atoms with Gasteiger partial charge in [0.05, 0.1) is 31.4 Å². The summed E-state index contributed by atoms with van der Waals surface area (Å²) in [6.07, 6.45) is 3.72. The number of H-pyrrole nitrogens is 1. The van der Waals surface area contributed by atoms with Crippen LogP contribution in [0.25, 0.3) is 22.4 Å². The predicted octanol–water partition coefficient (Wildman–Crippen LogP) is 2.01. The molecule has 0 fully saturated rings. The fourth-order valence-electron chi connectivity index (χ4n) is 3.18. The van der Waals surface area contributed by atoms with E-state index in [1.54, 1.807) is 30.5 Å². The first-order valence-electron chi connectivity index (χ1n) is 9.84. The van der Waals surface area contributed by atoms with Gasteiger partial charge in [-0.1, -0.05) is 6.07 Å². The number of anilines is 1. The van der Waals surface area contributed by atoms with Crippen LogP contribution < -0.4 is 20.3 Å². The highest BCUT2D eigenvalue weighted by molar-refractivity contribution is 5.89. The molecule has 3 heterocycles. The van der Waals surface area contributed by atoms with E-state index in [1.807, 2.05) is 6.07 Å². The number of aromatic amines is 1. The Bertz CT molecular complexity index is 1300. The number of nitrogens with zero attached hydrogens (tertiary/aromatic N) is 5. The van der Waals surface area contributed by atoms with E-state index >= 15 is 0 Å². The standard InChI is InChI=1S/C21H21N7O4/c1-31-16-10-13-15(11-17(16)32-2)23-12-28(20(13)30)9-5-7-18(29)24-21-25-19(26-27-21)14-6-3-4-8-22-14/h3-4,6,8,10-12H,5,7,9H2,1-2H3,(H2,24,25,26,27,29). The average Bonchev–Trinajstić information content (AvgIpc) is 3.28. The Kier molecular flexibility index (Phi) is 6.06. The zero-order chi connectivity index (χ0) is 22.5. The van der Waals surface area contributed by atoms with Crippen molar-refractivity contribution in [2.24, 2.45) is 0 Å². The number of amides is 1. The van der Waals surface area contributed by atoms with Crippen molar-refractivity contribution in [1.29, 1.82) is 0 Å². The van der Waals surface area contributed by atoms with Crippen molar-refractivity contribution in [2.75, 3.05) is 19.5 Å². The Balaban J connectivity index is 1.38. The fourth-order valence-corrected chi connectivity index (χ4v) is 3.18. The van der Waals surface area contributed by atoms with E-state index in [0.717, 1.165) is 0 Å². The van der Waals surface area contributed by atoms with E-state index in [2.05, 4.69) is 30.5 Å². The van der Waals surface area contributed by atoms with Crippen LogP contribution in [0.5, 0.6) is 11.5 Å². The zero-order valence-corrected chi connectivity index (χ0v) is 17.5. The third-order valence-electron chi connectivity index (χ3n) is 4.78. The average molecular weight is 435 g/mol. The summed E-state index contributed by atoms with van der Waals surface area (Å²) in [6.45, 7) is 0.330. The maximum Gasteiger partial charge on any atom is 0.261 e. The van der Waals surface area contributed by atoms with Gasteiger partial charge in [0, 0.05) is 25.2 Å². The second-order valence-electron chi connectivity index (χ2n) is 6.84. The number of nitrogens with one attached hydrogen (secondary N) is 2. The van der Waals surface area contributed by atoms with Crippen molar-refractivity contribution in [3.63, 3.8) is 0 Å². The second kappa shape index (κ2) is 9.25. The number of rotatable bonds is 8. The second-order valence-corrected chi connectivity index (χ2v) is 6.84. The molecule has 11 nitrogen and oxygen atoms in total. The number of benzene rings is 1. The third kappa shape index (κ3) is 4.41. The van der Waals surface area contributed by atoms with Crippen molar-refractivity contribution in [1.82, 2.24) is 29.7 Å². The molecule has 0 saturated carbocycles. The first-order chi connectivity index (χ1) is 15.6. The van der Waals surface area contributed by atoms with Crippen molar-refractivity contribution in [3.8, 4) is 23.0 Å². The van der Waals surface area contributed by atoms with Crippen LogP contribution in [0, 0.1) is 0 Å². The van der Waals surface area contributed by atoms with Gasteiger partial charge < -0.3 is 9.47 Å². The third-order valence-corrected chi connectivity index (χ3v) is 4.78. The number of pyridine rings is 1. The number of hydrogen-bond donors (Lipinski definition) is 2. The lowest BCUT2D eigenvalue weighted by Gasteiger charge is -2.10. The van der Waals surface area contributed by atoms with Gasteiger partial charge in [-0.05, 0) is 24.6 Å². The Hall–Kier alpha value is -4.28. The highest BCUT2D eigenvalue weighted by Gasteiger charge is 2.12. The number of aromatic nitrogens is 6. The summed E-state index contributed by atoms with van der Waals surface area (Å²) in [4.78, 5) is 37.8. The molecule has 4 rings (SSSR count). The fraction of sp³-hybridized carbons (Fsp3) is 0.238. The smallest absolute Gasteiger partial charge is 0.261 e. The molecule has 0 bridgehead atoms. The van der Waals surface area contributed by atoms with Gasteiger partial charge >= 0.3 is 0 Å². The minimum atomic E-state index is -0.259. The minimum absolute atomic E-state index is 0.168. The van der Waals surface area contributed by atoms with Crippen LogP contribution in [0.15, 0.2) is 47.7 Å². The zero-order valence-electron chi connectivity index (χ0n) is 17.5. The molecule has 0 aliphatic rings. The Morgan fingerprint density at radius 1 is 1.16 bits per heavy atom. The van der Waals surface area contributed by atoms with E-state index in [-0.39, 0.29) is 23.8 Å². The molecule has 4 aromatic rings. The molecule has 0 spiro atoms. The van der Waals surface area contributed by atoms with Crippen molar-refractivity contribution in [2.45, 2.75) is 19.4 Å². The van der Waals surface area contributed by atoms with E-state index in [9.17, 15) is 9.59 Å². The first-order valence-corrected chi connectivity index (χ1v) is 9.84. The number of methoxy groups -OCH3 is 2. The molecule has 164 valence electrons. The molecule has 3 aromatic heterocycles. The molecule has 0 unspecified atom stereocenters. The SMILES string of the molecule is COc1cc2ncn(CCCC(=O)Nc3n[nH]c(-c4ccccn4)n3)c(=O)c2cc1OC. The molecular weight excluding hydrogens is 414 g/mol. The summed E-state index contributed by atoms with van der Waals surface area (Å²) in [5.41, 5.74) is 0.915. The van der Waals surface area contributed by atoms with Gasteiger partial charge in [-0.15, -0.1) is 5.10 Å². The van der Waals surface area contributed by atoms with E-state index in [4.69, 9.17) is 9.47 Å². The van der Waals surface area contributed by atoms with Crippen molar-refractivity contribution in [3.05, 3.63) is 53.2 Å². The van der Waals surface area contributed by atoms with Crippen LogP contribution in [0.3, 0.4) is 0 Å². The monoisotopic (exact) mass is 435 g/mol. The lowest BCUT2D eigenvalue weighted by atomic mass is 10.2. The summed E-state index contributed by atoms with van der Waals surface area (Å²) in [6, 6.07) is 8.68. The van der Waals surface area contributed by atoms with Gasteiger partial charge in [-0.25, -0.2) is 4.98 Å². The van der Waals surface area contributed by atoms with Gasteiger partial charge in [0.1, 0.15) is 5.69 Å². The van der Waals surface area contributed by atoms with E-state index < -0.39 is 0 Å². The van der Waals surface area contributed by atoms with Crippen LogP contribution in [0.1, 0.15) is 12.8 Å². The lowest BCUT2D eigenvalue weighted by Crippen LogP contribution is -2.22. The molecular formula is C21H21N7O4. The molecule has 0 atom stereocenters. The largest absolute Gasteiger partial charge is 0.493 e. The van der Waals surface area contributed by atoms with Crippen molar-refractivity contribution < 1.29 is 14.3 Å². The number of hydrogen-bond acceptors (Lipinski definition) is 8. The highest BCUT2D eigenvalue weighted by Crippen LogP contribution is 2.29. The first kappa shape index (κ1) is 21.0. The van der Waals surface area contributed by atoms with Gasteiger partial charge in [-0.2, -0.15) is 4.98 Å². The molecule has 0 radical (unpaired) electrons. The number of aryl methyl sites for hydroxylation is 1. The molecule has 0 aliphatic carbocycles. The van der Waals surface area contributed by atoms with Crippen molar-refractivity contribution >= 4 is 22.8 Å². The Morgan fingerprint density at radius 3 is 2.72 bits per heavy atom. The summed E-state index contributed by atoms with van der Waals surface area (Å²) in [7, 11) is 3.03. The number of fused-ring (bicyclic) bond motifs is 1. The van der Waals surface area contributed by atoms with Gasteiger partial charge in [0.2, 0.25) is 11.9 Å². The maximum atomic E-state index is 12.8. The molecule has 2 N–H and O–H groups in total. The quantitative estimate of drug-likeness (QED) is 0.429. The maximum absolute atomic E-state index is 12.8. The van der Waals surface area contributed by atoms with Gasteiger partial charge in [0.15, 0.2) is 17.3 Å². The van der Waals surface area contributed by atoms with E-state index in [0.29, 0.717) is 46.9 Å². The molecule has 1 aromatic carbocycles. The molecule has 1 amide bonds. The number of ether oxygens (including phenoxy) is 2. The minimum Gasteiger partial charge on any atom is -0.493 e. The molecule has 11 heteroatoms. The van der Waals surface area contributed by atoms with Crippen LogP contribution in [0.2, 0.25) is 0 Å². The summed E-state index contributed by atoms with van der Waals surface area (Å²) < 4.78 is 12.0. The molecule has 0 aliphatic heterocycles. The summed E-state index contributed by atoms with van der Waals surface area (Å²) in [5.74, 6) is 1.32. The van der Waals surface area contributed by atoms with Crippen LogP contribution in [0.4, 0.5) is 5.95 Å².